The largest absolute Gasteiger partial charge is 0.478 e. The summed E-state index contributed by atoms with van der Waals surface area (Å²) in [4.78, 5) is 14.3. The van der Waals surface area contributed by atoms with Gasteiger partial charge < -0.3 is 9.63 Å². The molecule has 1 saturated carbocycles. The van der Waals surface area contributed by atoms with Crippen molar-refractivity contribution in [1.82, 2.24) is 10.1 Å². The number of hydrogen-bond donors (Lipinski definition) is 1. The number of nitrogens with zero attached hydrogens (tertiary/aromatic N) is 2. The molecule has 5 heteroatoms. The van der Waals surface area contributed by atoms with Crippen LogP contribution in [0, 0.1) is 0 Å². The molecule has 1 heterocycles. The van der Waals surface area contributed by atoms with Gasteiger partial charge in [0.15, 0.2) is 5.82 Å². The summed E-state index contributed by atoms with van der Waals surface area (Å²) >= 11 is 0. The average Bonchev–Trinajstić information content (AvgIpc) is 2.46. The van der Waals surface area contributed by atoms with E-state index in [2.05, 4.69) is 10.1 Å². The number of carbonyl (C=O) groups is 1. The van der Waals surface area contributed by atoms with Gasteiger partial charge in [0.1, 0.15) is 0 Å². The fraction of sp³-hybridized carbons (Fsp3) is 0.444. The summed E-state index contributed by atoms with van der Waals surface area (Å²) in [7, 11) is 0. The number of rotatable bonds is 3. The van der Waals surface area contributed by atoms with E-state index in [1.165, 1.54) is 12.5 Å². The zero-order valence-corrected chi connectivity index (χ0v) is 7.51. The van der Waals surface area contributed by atoms with Crippen molar-refractivity contribution in [3.05, 3.63) is 17.8 Å². The van der Waals surface area contributed by atoms with Crippen LogP contribution in [0.1, 0.15) is 36.9 Å². The molecular weight excluding hydrogens is 184 g/mol. The number of carboxylic acids is 1. The summed E-state index contributed by atoms with van der Waals surface area (Å²) in [5.41, 5.74) is 0. The van der Waals surface area contributed by atoms with Crippen LogP contribution in [0.5, 0.6) is 0 Å². The van der Waals surface area contributed by atoms with Gasteiger partial charge in [-0.05, 0) is 12.8 Å². The minimum Gasteiger partial charge on any atom is -0.478 e. The molecule has 0 spiro atoms. The van der Waals surface area contributed by atoms with Crippen molar-refractivity contribution in [3.8, 4) is 0 Å². The van der Waals surface area contributed by atoms with Crippen LogP contribution in [0.3, 0.4) is 0 Å². The van der Waals surface area contributed by atoms with Crippen molar-refractivity contribution >= 4 is 12.0 Å². The van der Waals surface area contributed by atoms with E-state index in [0.29, 0.717) is 11.7 Å². The second-order valence-electron chi connectivity index (χ2n) is 3.29. The van der Waals surface area contributed by atoms with Crippen LogP contribution in [-0.4, -0.2) is 21.2 Å². The van der Waals surface area contributed by atoms with Gasteiger partial charge in [0.25, 0.3) is 5.89 Å². The lowest BCUT2D eigenvalue weighted by atomic mass is 9.85. The van der Waals surface area contributed by atoms with Crippen molar-refractivity contribution in [2.24, 2.45) is 0 Å². The van der Waals surface area contributed by atoms with Gasteiger partial charge in [0.05, 0.1) is 0 Å². The molecule has 0 atom stereocenters. The Kier molecular flexibility index (Phi) is 2.30. The highest BCUT2D eigenvalue weighted by atomic mass is 16.5. The molecule has 0 bridgehead atoms. The van der Waals surface area contributed by atoms with E-state index < -0.39 is 5.97 Å². The molecule has 1 aliphatic rings. The number of aliphatic carboxylic acids is 1. The SMILES string of the molecule is O=C(O)/C=C/c1nc(C2CCC2)no1. The predicted molar refractivity (Wildman–Crippen MR) is 47.6 cm³/mol. The lowest BCUT2D eigenvalue weighted by molar-refractivity contribution is -0.131. The number of hydrogen-bond acceptors (Lipinski definition) is 4. The summed E-state index contributed by atoms with van der Waals surface area (Å²) in [5, 5.41) is 12.2. The highest BCUT2D eigenvalue weighted by Crippen LogP contribution is 2.34. The summed E-state index contributed by atoms with van der Waals surface area (Å²) in [6.07, 6.45) is 5.69. The molecule has 1 N–H and O–H groups in total. The minimum absolute atomic E-state index is 0.259. The Hall–Kier alpha value is -1.65. The van der Waals surface area contributed by atoms with Gasteiger partial charge in [-0.15, -0.1) is 0 Å². The Bertz CT molecular complexity index is 366. The third-order valence-electron chi connectivity index (χ3n) is 2.30. The van der Waals surface area contributed by atoms with Crippen LogP contribution in [0.25, 0.3) is 6.08 Å². The third kappa shape index (κ3) is 1.81. The molecule has 1 aromatic heterocycles. The molecule has 74 valence electrons. The number of carboxylic acid groups (broad SMARTS) is 1. The van der Waals surface area contributed by atoms with E-state index in [1.807, 2.05) is 0 Å². The first-order chi connectivity index (χ1) is 6.75. The lowest BCUT2D eigenvalue weighted by Crippen LogP contribution is -2.10. The Morgan fingerprint density at radius 3 is 2.93 bits per heavy atom. The standard InChI is InChI=1S/C9H10N2O3/c12-8(13)5-4-7-10-9(11-14-7)6-2-1-3-6/h4-6H,1-3H2,(H,12,13)/b5-4+. The molecule has 14 heavy (non-hydrogen) atoms. The van der Waals surface area contributed by atoms with E-state index in [1.54, 1.807) is 0 Å². The molecule has 1 fully saturated rings. The van der Waals surface area contributed by atoms with E-state index >= 15 is 0 Å². The van der Waals surface area contributed by atoms with Crippen molar-refractivity contribution in [2.45, 2.75) is 25.2 Å². The van der Waals surface area contributed by atoms with E-state index in [-0.39, 0.29) is 5.89 Å². The van der Waals surface area contributed by atoms with E-state index in [4.69, 9.17) is 9.63 Å². The Balaban J connectivity index is 2.05. The molecule has 0 unspecified atom stereocenters. The molecule has 0 radical (unpaired) electrons. The summed E-state index contributed by atoms with van der Waals surface area (Å²) in [5.74, 6) is 0.342. The molecule has 0 saturated heterocycles. The summed E-state index contributed by atoms with van der Waals surface area (Å²) < 4.78 is 4.86. The van der Waals surface area contributed by atoms with Gasteiger partial charge in [-0.3, -0.25) is 0 Å². The van der Waals surface area contributed by atoms with Crippen molar-refractivity contribution in [2.75, 3.05) is 0 Å². The highest BCUT2D eigenvalue weighted by molar-refractivity contribution is 5.84. The zero-order chi connectivity index (χ0) is 9.97. The van der Waals surface area contributed by atoms with Crippen LogP contribution >= 0.6 is 0 Å². The van der Waals surface area contributed by atoms with Gasteiger partial charge in [0.2, 0.25) is 0 Å². The second-order valence-corrected chi connectivity index (χ2v) is 3.29. The second kappa shape index (κ2) is 3.61. The lowest BCUT2D eigenvalue weighted by Gasteiger charge is -2.20. The van der Waals surface area contributed by atoms with E-state index in [9.17, 15) is 4.79 Å². The first-order valence-electron chi connectivity index (χ1n) is 4.50. The van der Waals surface area contributed by atoms with Crippen molar-refractivity contribution in [3.63, 3.8) is 0 Å². The fourth-order valence-electron chi connectivity index (χ4n) is 1.29. The Morgan fingerprint density at radius 2 is 2.36 bits per heavy atom. The van der Waals surface area contributed by atoms with Gasteiger partial charge in [-0.2, -0.15) is 4.98 Å². The van der Waals surface area contributed by atoms with Crippen LogP contribution < -0.4 is 0 Å². The summed E-state index contributed by atoms with van der Waals surface area (Å²) in [6, 6.07) is 0. The van der Waals surface area contributed by atoms with Crippen molar-refractivity contribution in [1.29, 1.82) is 0 Å². The maximum Gasteiger partial charge on any atom is 0.328 e. The van der Waals surface area contributed by atoms with Crippen LogP contribution in [0.2, 0.25) is 0 Å². The monoisotopic (exact) mass is 194 g/mol. The smallest absolute Gasteiger partial charge is 0.328 e. The Labute approximate surface area is 80.4 Å². The van der Waals surface area contributed by atoms with Gasteiger partial charge >= 0.3 is 5.97 Å². The molecule has 2 rings (SSSR count). The molecule has 0 aromatic carbocycles. The van der Waals surface area contributed by atoms with Gasteiger partial charge in [0, 0.05) is 18.1 Å². The predicted octanol–water partition coefficient (Wildman–Crippen LogP) is 1.43. The number of aromatic nitrogens is 2. The van der Waals surface area contributed by atoms with Crippen molar-refractivity contribution < 1.29 is 14.4 Å². The maximum atomic E-state index is 10.2. The quantitative estimate of drug-likeness (QED) is 0.736. The van der Waals surface area contributed by atoms with Crippen LogP contribution in [0.4, 0.5) is 0 Å². The summed E-state index contributed by atoms with van der Waals surface area (Å²) in [6.45, 7) is 0. The van der Waals surface area contributed by atoms with Crippen LogP contribution in [0.15, 0.2) is 10.6 Å². The topological polar surface area (TPSA) is 76.2 Å². The molecule has 1 aromatic rings. The van der Waals surface area contributed by atoms with E-state index in [0.717, 1.165) is 18.9 Å². The molecule has 1 aliphatic carbocycles. The molecule has 0 amide bonds. The molecule has 5 nitrogen and oxygen atoms in total. The van der Waals surface area contributed by atoms with Gasteiger partial charge in [-0.1, -0.05) is 11.6 Å². The highest BCUT2D eigenvalue weighted by Gasteiger charge is 2.24. The zero-order valence-electron chi connectivity index (χ0n) is 7.51. The Morgan fingerprint density at radius 1 is 1.57 bits per heavy atom. The molecular formula is C9H10N2O3. The first-order valence-corrected chi connectivity index (χ1v) is 4.50. The maximum absolute atomic E-state index is 10.2. The average molecular weight is 194 g/mol. The fourth-order valence-corrected chi connectivity index (χ4v) is 1.29. The minimum atomic E-state index is -1.02. The van der Waals surface area contributed by atoms with Gasteiger partial charge in [-0.25, -0.2) is 4.79 Å². The first kappa shape index (κ1) is 8.93. The third-order valence-corrected chi connectivity index (χ3v) is 2.30. The normalized spacial score (nSPS) is 17.1. The molecule has 0 aliphatic heterocycles. The van der Waals surface area contributed by atoms with Crippen LogP contribution in [-0.2, 0) is 4.79 Å².